The third kappa shape index (κ3) is 6.10. The molecule has 0 bridgehead atoms. The van der Waals surface area contributed by atoms with E-state index in [1.807, 2.05) is 12.1 Å². The number of ether oxygens (including phenoxy) is 2. The van der Waals surface area contributed by atoms with Crippen LogP contribution in [0.15, 0.2) is 48.7 Å². The average Bonchev–Trinajstić information content (AvgIpc) is 3.41. The van der Waals surface area contributed by atoms with Crippen LogP contribution in [-0.4, -0.2) is 38.9 Å². The molecule has 4 rings (SSSR count). The third-order valence-corrected chi connectivity index (χ3v) is 5.89. The minimum atomic E-state index is -0.709. The van der Waals surface area contributed by atoms with E-state index in [0.29, 0.717) is 22.0 Å². The minimum absolute atomic E-state index is 0.156. The number of halogens is 1. The molecule has 1 aliphatic heterocycles. The lowest BCUT2D eigenvalue weighted by molar-refractivity contribution is 0.0515. The lowest BCUT2D eigenvalue weighted by Gasteiger charge is -2.18. The van der Waals surface area contributed by atoms with Gasteiger partial charge in [0, 0.05) is 23.7 Å². The van der Waals surface area contributed by atoms with E-state index in [1.54, 1.807) is 51.1 Å². The van der Waals surface area contributed by atoms with Crippen LogP contribution < -0.4 is 4.74 Å². The Kier molecular flexibility index (Phi) is 7.28. The lowest BCUT2D eigenvalue weighted by atomic mass is 10.1. The van der Waals surface area contributed by atoms with Gasteiger partial charge in [-0.1, -0.05) is 43.1 Å². The SMILES string of the molecule is CCCCN1Cc2ccc(OC(=O)c3cn(C(=O)OC(C)(C)C)nc3-c3ccc(Cl)cc3)cc2C1. The molecule has 0 radical (unpaired) electrons. The highest BCUT2D eigenvalue weighted by Crippen LogP contribution is 2.29. The number of hydrogen-bond donors (Lipinski definition) is 0. The molecule has 2 heterocycles. The van der Waals surface area contributed by atoms with E-state index in [-0.39, 0.29) is 5.56 Å². The number of aromatic nitrogens is 2. The van der Waals surface area contributed by atoms with Crippen LogP contribution in [0, 0.1) is 0 Å². The highest BCUT2D eigenvalue weighted by Gasteiger charge is 2.26. The average molecular weight is 496 g/mol. The van der Waals surface area contributed by atoms with Crippen LogP contribution in [-0.2, 0) is 17.8 Å². The zero-order valence-corrected chi connectivity index (χ0v) is 21.3. The molecule has 1 aromatic heterocycles. The van der Waals surface area contributed by atoms with Crippen LogP contribution >= 0.6 is 11.6 Å². The molecule has 0 spiro atoms. The molecular weight excluding hydrogens is 466 g/mol. The second kappa shape index (κ2) is 10.2. The van der Waals surface area contributed by atoms with Crippen molar-refractivity contribution in [3.8, 4) is 17.0 Å². The highest BCUT2D eigenvalue weighted by molar-refractivity contribution is 6.30. The molecule has 1 aliphatic rings. The second-order valence-electron chi connectivity index (χ2n) is 9.71. The predicted molar refractivity (Wildman–Crippen MR) is 135 cm³/mol. The maximum absolute atomic E-state index is 13.2. The molecule has 0 amide bonds. The topological polar surface area (TPSA) is 73.7 Å². The molecular formula is C27H30ClN3O4. The first-order valence-corrected chi connectivity index (χ1v) is 12.2. The fourth-order valence-corrected chi connectivity index (χ4v) is 4.08. The van der Waals surface area contributed by atoms with Crippen molar-refractivity contribution in [1.29, 1.82) is 0 Å². The molecule has 35 heavy (non-hydrogen) atoms. The Hall–Kier alpha value is -3.16. The van der Waals surface area contributed by atoms with Crippen LogP contribution in [0.3, 0.4) is 0 Å². The molecule has 0 saturated heterocycles. The molecule has 0 N–H and O–H groups in total. The Morgan fingerprint density at radius 3 is 2.46 bits per heavy atom. The molecule has 2 aromatic carbocycles. The van der Waals surface area contributed by atoms with E-state index in [1.165, 1.54) is 11.8 Å². The zero-order chi connectivity index (χ0) is 25.2. The number of hydrogen-bond acceptors (Lipinski definition) is 6. The summed E-state index contributed by atoms with van der Waals surface area (Å²) in [6.07, 6.45) is 2.98. The van der Waals surface area contributed by atoms with Crippen molar-refractivity contribution in [3.63, 3.8) is 0 Å². The maximum atomic E-state index is 13.2. The van der Waals surface area contributed by atoms with Gasteiger partial charge in [0.2, 0.25) is 0 Å². The van der Waals surface area contributed by atoms with Gasteiger partial charge in [-0.15, -0.1) is 0 Å². The first-order chi connectivity index (χ1) is 16.6. The summed E-state index contributed by atoms with van der Waals surface area (Å²) in [4.78, 5) is 28.3. The molecule has 0 atom stereocenters. The van der Waals surface area contributed by atoms with Gasteiger partial charge in [-0.05, 0) is 69.1 Å². The van der Waals surface area contributed by atoms with Gasteiger partial charge in [0.1, 0.15) is 22.6 Å². The maximum Gasteiger partial charge on any atom is 0.435 e. The standard InChI is InChI=1S/C27H30ClN3O4/c1-5-6-13-30-15-19-9-12-22(14-20(19)16-30)34-25(32)23-17-31(26(33)35-27(2,3)4)29-24(23)18-7-10-21(28)11-8-18/h7-12,14,17H,5-6,13,15-16H2,1-4H3. The number of esters is 1. The van der Waals surface area contributed by atoms with E-state index in [4.69, 9.17) is 21.1 Å². The molecule has 0 saturated carbocycles. The van der Waals surface area contributed by atoms with Gasteiger partial charge < -0.3 is 9.47 Å². The number of unbranched alkanes of at least 4 members (excludes halogenated alkanes) is 1. The van der Waals surface area contributed by atoms with Gasteiger partial charge in [-0.3, -0.25) is 4.90 Å². The first kappa shape index (κ1) is 24.9. The Balaban J connectivity index is 1.59. The third-order valence-electron chi connectivity index (χ3n) is 5.64. The predicted octanol–water partition coefficient (Wildman–Crippen LogP) is 6.32. The summed E-state index contributed by atoms with van der Waals surface area (Å²) < 4.78 is 12.2. The smallest absolute Gasteiger partial charge is 0.435 e. The van der Waals surface area contributed by atoms with Crippen molar-refractivity contribution < 1.29 is 19.1 Å². The minimum Gasteiger partial charge on any atom is -0.442 e. The van der Waals surface area contributed by atoms with E-state index in [0.717, 1.165) is 42.7 Å². The van der Waals surface area contributed by atoms with Crippen molar-refractivity contribution in [1.82, 2.24) is 14.7 Å². The van der Waals surface area contributed by atoms with Crippen molar-refractivity contribution in [2.45, 2.75) is 59.2 Å². The van der Waals surface area contributed by atoms with Gasteiger partial charge >= 0.3 is 12.1 Å². The fourth-order valence-electron chi connectivity index (χ4n) is 3.95. The normalized spacial score (nSPS) is 13.5. The van der Waals surface area contributed by atoms with Crippen LogP contribution in [0.25, 0.3) is 11.3 Å². The largest absolute Gasteiger partial charge is 0.442 e. The quantitative estimate of drug-likeness (QED) is 0.294. The van der Waals surface area contributed by atoms with Gasteiger partial charge in [0.15, 0.2) is 0 Å². The number of carbonyl (C=O) groups is 2. The summed E-state index contributed by atoms with van der Waals surface area (Å²) >= 11 is 6.03. The van der Waals surface area contributed by atoms with Gasteiger partial charge in [-0.25, -0.2) is 9.59 Å². The number of fused-ring (bicyclic) bond motifs is 1. The van der Waals surface area contributed by atoms with Crippen LogP contribution in [0.1, 0.15) is 62.0 Å². The molecule has 7 nitrogen and oxygen atoms in total. The van der Waals surface area contributed by atoms with Crippen molar-refractivity contribution in [2.24, 2.45) is 0 Å². The van der Waals surface area contributed by atoms with Crippen LogP contribution in [0.5, 0.6) is 5.75 Å². The van der Waals surface area contributed by atoms with E-state index >= 15 is 0 Å². The Bertz CT molecular complexity index is 1230. The van der Waals surface area contributed by atoms with Crippen molar-refractivity contribution in [2.75, 3.05) is 6.54 Å². The fraction of sp³-hybridized carbons (Fsp3) is 0.370. The van der Waals surface area contributed by atoms with Crippen LogP contribution in [0.4, 0.5) is 4.79 Å². The zero-order valence-electron chi connectivity index (χ0n) is 20.5. The van der Waals surface area contributed by atoms with Gasteiger partial charge in [0.25, 0.3) is 0 Å². The number of benzene rings is 2. The van der Waals surface area contributed by atoms with Crippen molar-refractivity contribution in [3.05, 3.63) is 70.4 Å². The summed E-state index contributed by atoms with van der Waals surface area (Å²) in [5, 5.41) is 4.90. The molecule has 0 aliphatic carbocycles. The summed E-state index contributed by atoms with van der Waals surface area (Å²) in [5.41, 5.74) is 2.80. The number of nitrogens with zero attached hydrogens (tertiary/aromatic N) is 3. The lowest BCUT2D eigenvalue weighted by Crippen LogP contribution is -2.27. The van der Waals surface area contributed by atoms with Gasteiger partial charge in [-0.2, -0.15) is 9.78 Å². The summed E-state index contributed by atoms with van der Waals surface area (Å²) in [5.74, 6) is -0.149. The Labute approximate surface area is 210 Å². The highest BCUT2D eigenvalue weighted by atomic mass is 35.5. The molecule has 3 aromatic rings. The molecule has 0 fully saturated rings. The van der Waals surface area contributed by atoms with E-state index < -0.39 is 17.7 Å². The van der Waals surface area contributed by atoms with Crippen molar-refractivity contribution >= 4 is 23.7 Å². The van der Waals surface area contributed by atoms with Gasteiger partial charge in [0.05, 0.1) is 6.20 Å². The molecule has 184 valence electrons. The molecule has 0 unspecified atom stereocenters. The van der Waals surface area contributed by atoms with E-state index in [9.17, 15) is 9.59 Å². The number of rotatable bonds is 6. The monoisotopic (exact) mass is 495 g/mol. The summed E-state index contributed by atoms with van der Waals surface area (Å²) in [6.45, 7) is 10.3. The first-order valence-electron chi connectivity index (χ1n) is 11.8. The summed E-state index contributed by atoms with van der Waals surface area (Å²) in [6, 6.07) is 12.6. The number of carbonyl (C=O) groups excluding carboxylic acids is 2. The van der Waals surface area contributed by atoms with Crippen LogP contribution in [0.2, 0.25) is 5.02 Å². The Morgan fingerprint density at radius 2 is 1.77 bits per heavy atom. The van der Waals surface area contributed by atoms with E-state index in [2.05, 4.69) is 16.9 Å². The summed E-state index contributed by atoms with van der Waals surface area (Å²) in [7, 11) is 0. The molecule has 8 heteroatoms. The Morgan fingerprint density at radius 1 is 1.06 bits per heavy atom. The second-order valence-corrected chi connectivity index (χ2v) is 10.1.